The number of carbonyl (C=O) groups excluding carboxylic acids is 1. The smallest absolute Gasteiger partial charge is 0.278 e. The first-order chi connectivity index (χ1) is 17.3. The summed E-state index contributed by atoms with van der Waals surface area (Å²) in [5.41, 5.74) is 3.10. The van der Waals surface area contributed by atoms with E-state index in [1.165, 1.54) is 16.5 Å². The van der Waals surface area contributed by atoms with E-state index in [-0.39, 0.29) is 30.1 Å². The van der Waals surface area contributed by atoms with Gasteiger partial charge in [-0.3, -0.25) is 9.59 Å². The van der Waals surface area contributed by atoms with E-state index in [4.69, 9.17) is 9.47 Å². The highest BCUT2D eigenvalue weighted by molar-refractivity contribution is 5.90. The van der Waals surface area contributed by atoms with Gasteiger partial charge in [0, 0.05) is 18.1 Å². The second kappa shape index (κ2) is 8.99. The largest absolute Gasteiger partial charge is 0.493 e. The Morgan fingerprint density at radius 1 is 1.11 bits per heavy atom. The van der Waals surface area contributed by atoms with Gasteiger partial charge in [-0.15, -0.1) is 0 Å². The second-order valence-corrected chi connectivity index (χ2v) is 8.65. The van der Waals surface area contributed by atoms with Crippen molar-refractivity contribution in [1.29, 1.82) is 0 Å². The molecular weight excluding hydrogens is 468 g/mol. The zero-order valence-electron chi connectivity index (χ0n) is 19.9. The normalized spacial score (nSPS) is 11.9. The number of para-hydroxylation sites is 1. The molecule has 0 saturated heterocycles. The summed E-state index contributed by atoms with van der Waals surface area (Å²) in [6, 6.07) is 13.9. The molecule has 1 aromatic heterocycles. The van der Waals surface area contributed by atoms with Crippen LogP contribution in [0.4, 0.5) is 14.5 Å². The monoisotopic (exact) mass is 491 g/mol. The molecule has 0 spiro atoms. The summed E-state index contributed by atoms with van der Waals surface area (Å²) in [7, 11) is 1.52. The molecule has 0 atom stereocenters. The van der Waals surface area contributed by atoms with Gasteiger partial charge in [0.05, 0.1) is 24.0 Å². The summed E-state index contributed by atoms with van der Waals surface area (Å²) in [5, 5.41) is 2.45. The Morgan fingerprint density at radius 2 is 1.92 bits per heavy atom. The molecule has 4 aromatic rings. The summed E-state index contributed by atoms with van der Waals surface area (Å²) in [4.78, 5) is 26.7. The fourth-order valence-corrected chi connectivity index (χ4v) is 4.45. The highest BCUT2D eigenvalue weighted by atomic mass is 19.1. The molecule has 0 radical (unpaired) electrons. The summed E-state index contributed by atoms with van der Waals surface area (Å²) in [6.45, 7) is 3.46. The zero-order valence-corrected chi connectivity index (χ0v) is 19.9. The number of ether oxygens (including phenoxy) is 2. The molecule has 1 N–H and O–H groups in total. The van der Waals surface area contributed by atoms with Crippen molar-refractivity contribution in [2.45, 2.75) is 26.8 Å². The first kappa shape index (κ1) is 23.3. The van der Waals surface area contributed by atoms with Gasteiger partial charge in [-0.05, 0) is 43.7 Å². The van der Waals surface area contributed by atoms with Crippen LogP contribution in [0.25, 0.3) is 5.69 Å². The maximum absolute atomic E-state index is 14.2. The van der Waals surface area contributed by atoms with Crippen molar-refractivity contribution in [3.05, 3.63) is 98.8 Å². The Morgan fingerprint density at radius 3 is 2.64 bits per heavy atom. The molecular formula is C27H23F2N3O4. The van der Waals surface area contributed by atoms with E-state index in [0.29, 0.717) is 28.8 Å². The van der Waals surface area contributed by atoms with Gasteiger partial charge in [0.15, 0.2) is 11.5 Å². The van der Waals surface area contributed by atoms with Crippen LogP contribution in [0.3, 0.4) is 0 Å². The van der Waals surface area contributed by atoms with Crippen molar-refractivity contribution in [1.82, 2.24) is 9.36 Å². The van der Waals surface area contributed by atoms with Crippen molar-refractivity contribution >= 4 is 11.6 Å². The van der Waals surface area contributed by atoms with Gasteiger partial charge in [-0.1, -0.05) is 29.8 Å². The van der Waals surface area contributed by atoms with Crippen LogP contribution in [0, 0.1) is 25.5 Å². The lowest BCUT2D eigenvalue weighted by Crippen LogP contribution is -2.28. The van der Waals surface area contributed by atoms with Gasteiger partial charge >= 0.3 is 0 Å². The summed E-state index contributed by atoms with van der Waals surface area (Å²) < 4.78 is 41.9. The number of benzene rings is 3. The lowest BCUT2D eigenvalue weighted by molar-refractivity contribution is -0.117. The number of aryl methyl sites for hydroxylation is 2. The Labute approximate surface area is 205 Å². The lowest BCUT2D eigenvalue weighted by atomic mass is 10.0. The number of methoxy groups -OCH3 is 1. The number of carbonyl (C=O) groups is 1. The highest BCUT2D eigenvalue weighted by Gasteiger charge is 2.31. The van der Waals surface area contributed by atoms with Crippen molar-refractivity contribution in [3.8, 4) is 23.1 Å². The molecule has 1 amide bonds. The Bertz CT molecular complexity index is 1570. The number of amides is 1. The average Bonchev–Trinajstić information content (AvgIpc) is 3.09. The van der Waals surface area contributed by atoms with Crippen LogP contribution in [0.15, 0.2) is 59.4 Å². The number of fused-ring (bicyclic) bond motifs is 2. The number of hydrogen-bond donors (Lipinski definition) is 1. The topological polar surface area (TPSA) is 74.5 Å². The second-order valence-electron chi connectivity index (χ2n) is 8.65. The predicted molar refractivity (Wildman–Crippen MR) is 130 cm³/mol. The molecule has 1 aliphatic rings. The van der Waals surface area contributed by atoms with E-state index in [0.717, 1.165) is 28.8 Å². The molecule has 0 saturated carbocycles. The fourth-order valence-electron chi connectivity index (χ4n) is 4.45. The van der Waals surface area contributed by atoms with Crippen molar-refractivity contribution < 1.29 is 23.0 Å². The molecule has 0 unspecified atom stereocenters. The summed E-state index contributed by atoms with van der Waals surface area (Å²) in [5.74, 6) is -1.12. The average molecular weight is 491 g/mol. The molecule has 5 rings (SSSR count). The number of nitrogens with one attached hydrogen (secondary N) is 1. The van der Waals surface area contributed by atoms with Gasteiger partial charge in [0.2, 0.25) is 11.8 Å². The van der Waals surface area contributed by atoms with Crippen LogP contribution < -0.4 is 20.3 Å². The number of anilines is 1. The Balaban J connectivity index is 1.62. The molecule has 0 bridgehead atoms. The Kier molecular flexibility index (Phi) is 5.83. The van der Waals surface area contributed by atoms with Gasteiger partial charge in [0.25, 0.3) is 5.56 Å². The molecule has 9 heteroatoms. The summed E-state index contributed by atoms with van der Waals surface area (Å²) >= 11 is 0. The quantitative estimate of drug-likeness (QED) is 0.380. The van der Waals surface area contributed by atoms with E-state index in [1.54, 1.807) is 12.1 Å². The van der Waals surface area contributed by atoms with Crippen LogP contribution >= 0.6 is 0 Å². The van der Waals surface area contributed by atoms with Crippen molar-refractivity contribution in [2.24, 2.45) is 0 Å². The van der Waals surface area contributed by atoms with Gasteiger partial charge in [-0.25, -0.2) is 18.1 Å². The maximum Gasteiger partial charge on any atom is 0.278 e. The molecule has 184 valence electrons. The third-order valence-electron chi connectivity index (χ3n) is 6.11. The number of hydrogen-bond acceptors (Lipinski definition) is 4. The lowest BCUT2D eigenvalue weighted by Gasteiger charge is -2.21. The van der Waals surface area contributed by atoms with Crippen LogP contribution in [-0.4, -0.2) is 22.4 Å². The molecule has 3 aromatic carbocycles. The SMILES string of the molecule is COc1cccc2c1Oc1c(c(=O)n(-c3ccc(C)cc3C)n1CC(=O)Nc1ccc(F)cc1F)C2. The minimum Gasteiger partial charge on any atom is -0.493 e. The molecule has 1 aliphatic heterocycles. The molecule has 7 nitrogen and oxygen atoms in total. The van der Waals surface area contributed by atoms with Crippen LogP contribution in [-0.2, 0) is 17.8 Å². The van der Waals surface area contributed by atoms with E-state index in [9.17, 15) is 18.4 Å². The molecule has 2 heterocycles. The maximum atomic E-state index is 14.2. The van der Waals surface area contributed by atoms with Crippen molar-refractivity contribution in [3.63, 3.8) is 0 Å². The van der Waals surface area contributed by atoms with Crippen LogP contribution in [0.2, 0.25) is 0 Å². The van der Waals surface area contributed by atoms with E-state index in [1.807, 2.05) is 38.1 Å². The third-order valence-corrected chi connectivity index (χ3v) is 6.11. The Hall–Kier alpha value is -4.40. The van der Waals surface area contributed by atoms with Crippen LogP contribution in [0.1, 0.15) is 22.3 Å². The summed E-state index contributed by atoms with van der Waals surface area (Å²) in [6.07, 6.45) is 0.285. The van der Waals surface area contributed by atoms with E-state index >= 15 is 0 Å². The van der Waals surface area contributed by atoms with E-state index < -0.39 is 17.5 Å². The molecule has 36 heavy (non-hydrogen) atoms. The minimum absolute atomic E-state index is 0.171. The number of halogens is 2. The standard InChI is InChI=1S/C27H23F2N3O4/c1-15-7-10-22(16(2)11-15)32-26(34)19-12-17-5-4-6-23(35-3)25(17)36-27(19)31(32)14-24(33)30-21-9-8-18(28)13-20(21)29/h4-11,13H,12,14H2,1-3H3,(H,30,33). The number of nitrogens with zero attached hydrogens (tertiary/aromatic N) is 2. The van der Waals surface area contributed by atoms with Gasteiger partial charge < -0.3 is 14.8 Å². The van der Waals surface area contributed by atoms with Gasteiger partial charge in [-0.2, -0.15) is 0 Å². The fraction of sp³-hybridized carbons (Fsp3) is 0.185. The van der Waals surface area contributed by atoms with Crippen LogP contribution in [0.5, 0.6) is 17.4 Å². The zero-order chi connectivity index (χ0) is 25.6. The molecule has 0 aliphatic carbocycles. The highest BCUT2D eigenvalue weighted by Crippen LogP contribution is 2.42. The van der Waals surface area contributed by atoms with Crippen molar-refractivity contribution in [2.75, 3.05) is 12.4 Å². The first-order valence-corrected chi connectivity index (χ1v) is 11.3. The minimum atomic E-state index is -0.903. The number of rotatable bonds is 5. The molecule has 0 fully saturated rings. The predicted octanol–water partition coefficient (Wildman–Crippen LogP) is 4.88. The van der Waals surface area contributed by atoms with Gasteiger partial charge in [0.1, 0.15) is 18.2 Å². The number of aromatic nitrogens is 2. The third kappa shape index (κ3) is 4.02. The first-order valence-electron chi connectivity index (χ1n) is 11.3. The van der Waals surface area contributed by atoms with E-state index in [2.05, 4.69) is 5.32 Å².